The standard InChI is InChI=1S/C12H15N3O2S/c1-10(2)11(3)4-5-12(10,8(16)17)7-6(11)13-9(18)15-14-7/h4-5H2,1-3H3,(H,16,17)(H,13,15,18). The largest absolute Gasteiger partial charge is 0.481 e. The topological polar surface area (TPSA) is 78.9 Å². The van der Waals surface area contributed by atoms with Crippen LogP contribution in [0, 0.1) is 10.2 Å². The molecular formula is C12H15N3O2S. The van der Waals surface area contributed by atoms with Gasteiger partial charge in [0, 0.05) is 5.41 Å². The van der Waals surface area contributed by atoms with Crippen LogP contribution in [-0.4, -0.2) is 26.3 Å². The normalized spacial score (nSPS) is 35.5. The van der Waals surface area contributed by atoms with Crippen molar-refractivity contribution < 1.29 is 9.90 Å². The quantitative estimate of drug-likeness (QED) is 0.759. The van der Waals surface area contributed by atoms with Crippen LogP contribution in [0.2, 0.25) is 0 Å². The highest BCUT2D eigenvalue weighted by atomic mass is 32.1. The Bertz CT molecular complexity index is 624. The molecule has 0 spiro atoms. The van der Waals surface area contributed by atoms with Gasteiger partial charge in [-0.3, -0.25) is 9.89 Å². The highest BCUT2D eigenvalue weighted by molar-refractivity contribution is 7.71. The number of hydrogen-bond donors (Lipinski definition) is 2. The summed E-state index contributed by atoms with van der Waals surface area (Å²) in [5.74, 6) is -0.810. The Balaban J connectivity index is 2.44. The molecule has 2 aliphatic rings. The van der Waals surface area contributed by atoms with Crippen molar-refractivity contribution in [3.05, 3.63) is 16.2 Å². The van der Waals surface area contributed by atoms with Crippen LogP contribution >= 0.6 is 12.2 Å². The van der Waals surface area contributed by atoms with Gasteiger partial charge in [0.2, 0.25) is 4.77 Å². The molecule has 2 N–H and O–H groups in total. The lowest BCUT2D eigenvalue weighted by molar-refractivity contribution is -0.148. The Labute approximate surface area is 110 Å². The van der Waals surface area contributed by atoms with Crippen molar-refractivity contribution in [3.63, 3.8) is 0 Å². The zero-order chi connectivity index (χ0) is 13.3. The van der Waals surface area contributed by atoms with E-state index in [0.29, 0.717) is 16.9 Å². The van der Waals surface area contributed by atoms with Crippen molar-refractivity contribution in [1.82, 2.24) is 15.2 Å². The summed E-state index contributed by atoms with van der Waals surface area (Å²) in [5.41, 5.74) is -0.280. The van der Waals surface area contributed by atoms with Crippen molar-refractivity contribution in [2.75, 3.05) is 0 Å². The number of aromatic amines is 1. The summed E-state index contributed by atoms with van der Waals surface area (Å²) in [5, 5.41) is 16.6. The van der Waals surface area contributed by atoms with E-state index in [1.54, 1.807) is 0 Å². The van der Waals surface area contributed by atoms with Crippen molar-refractivity contribution in [2.45, 2.75) is 44.4 Å². The Hall–Kier alpha value is -1.30. The van der Waals surface area contributed by atoms with Gasteiger partial charge < -0.3 is 5.11 Å². The molecule has 2 aliphatic carbocycles. The monoisotopic (exact) mass is 265 g/mol. The molecule has 1 heterocycles. The number of nitrogens with one attached hydrogen (secondary N) is 1. The molecule has 1 fully saturated rings. The van der Waals surface area contributed by atoms with Gasteiger partial charge in [-0.05, 0) is 30.5 Å². The van der Waals surface area contributed by atoms with Crippen molar-refractivity contribution >= 4 is 18.2 Å². The lowest BCUT2D eigenvalue weighted by atomic mass is 9.64. The summed E-state index contributed by atoms with van der Waals surface area (Å²) in [6.45, 7) is 6.08. The van der Waals surface area contributed by atoms with E-state index >= 15 is 0 Å². The zero-order valence-electron chi connectivity index (χ0n) is 10.6. The van der Waals surface area contributed by atoms with Crippen LogP contribution in [0.3, 0.4) is 0 Å². The third kappa shape index (κ3) is 0.922. The number of fused-ring (bicyclic) bond motifs is 5. The summed E-state index contributed by atoms with van der Waals surface area (Å²) in [6, 6.07) is 0. The van der Waals surface area contributed by atoms with Crippen LogP contribution in [0.15, 0.2) is 0 Å². The van der Waals surface area contributed by atoms with E-state index in [2.05, 4.69) is 22.1 Å². The number of carbonyl (C=O) groups is 1. The van der Waals surface area contributed by atoms with E-state index in [1.807, 2.05) is 13.8 Å². The van der Waals surface area contributed by atoms with Crippen LogP contribution in [0.4, 0.5) is 0 Å². The predicted octanol–water partition coefficient (Wildman–Crippen LogP) is 1.95. The molecule has 6 heteroatoms. The van der Waals surface area contributed by atoms with Gasteiger partial charge in [-0.25, -0.2) is 4.98 Å². The average Bonchev–Trinajstić information content (AvgIpc) is 2.57. The number of hydrogen-bond acceptors (Lipinski definition) is 4. The molecule has 96 valence electrons. The van der Waals surface area contributed by atoms with Gasteiger partial charge in [-0.1, -0.05) is 20.8 Å². The smallest absolute Gasteiger partial charge is 0.316 e. The highest BCUT2D eigenvalue weighted by Gasteiger charge is 2.73. The van der Waals surface area contributed by atoms with Gasteiger partial charge in [0.05, 0.1) is 5.69 Å². The van der Waals surface area contributed by atoms with Crippen molar-refractivity contribution in [1.29, 1.82) is 0 Å². The van der Waals surface area contributed by atoms with Gasteiger partial charge in [0.25, 0.3) is 0 Å². The maximum absolute atomic E-state index is 11.9. The third-order valence-electron chi connectivity index (χ3n) is 5.44. The van der Waals surface area contributed by atoms with E-state index in [0.717, 1.165) is 12.1 Å². The van der Waals surface area contributed by atoms with E-state index in [-0.39, 0.29) is 5.41 Å². The van der Waals surface area contributed by atoms with Crippen molar-refractivity contribution in [2.24, 2.45) is 5.41 Å². The first-order valence-electron chi connectivity index (χ1n) is 5.98. The molecule has 0 aliphatic heterocycles. The van der Waals surface area contributed by atoms with Crippen LogP contribution in [-0.2, 0) is 15.6 Å². The SMILES string of the molecule is CC12CCC(C(=O)O)(c3n[nH]c(=S)nc31)C2(C)C. The lowest BCUT2D eigenvalue weighted by Crippen LogP contribution is -2.45. The average molecular weight is 265 g/mol. The number of aliphatic carboxylic acids is 1. The second-order valence-corrected chi connectivity index (χ2v) is 6.39. The Morgan fingerprint density at radius 1 is 1.33 bits per heavy atom. The minimum absolute atomic E-state index is 0.267. The highest BCUT2D eigenvalue weighted by Crippen LogP contribution is 2.69. The molecule has 2 unspecified atom stereocenters. The molecule has 1 saturated carbocycles. The molecule has 2 atom stereocenters. The van der Waals surface area contributed by atoms with E-state index < -0.39 is 16.8 Å². The fourth-order valence-corrected chi connectivity index (χ4v) is 3.99. The number of H-pyrrole nitrogens is 1. The third-order valence-corrected chi connectivity index (χ3v) is 5.62. The number of carboxylic acids is 1. The van der Waals surface area contributed by atoms with Crippen LogP contribution in [0.5, 0.6) is 0 Å². The van der Waals surface area contributed by atoms with Gasteiger partial charge in [-0.2, -0.15) is 5.10 Å². The van der Waals surface area contributed by atoms with Crippen LogP contribution in [0.1, 0.15) is 45.0 Å². The first kappa shape index (κ1) is 11.8. The first-order chi connectivity index (χ1) is 8.27. The summed E-state index contributed by atoms with van der Waals surface area (Å²) in [4.78, 5) is 16.2. The maximum Gasteiger partial charge on any atom is 0.316 e. The molecule has 0 amide bonds. The van der Waals surface area contributed by atoms with E-state index in [4.69, 9.17) is 12.2 Å². The fourth-order valence-electron chi connectivity index (χ4n) is 3.86. The second-order valence-electron chi connectivity index (χ2n) is 6.01. The Morgan fingerprint density at radius 2 is 2.00 bits per heavy atom. The first-order valence-corrected chi connectivity index (χ1v) is 6.39. The summed E-state index contributed by atoms with van der Waals surface area (Å²) >= 11 is 5.02. The lowest BCUT2D eigenvalue weighted by Gasteiger charge is -2.37. The number of rotatable bonds is 1. The number of carboxylic acid groups (broad SMARTS) is 1. The minimum atomic E-state index is -0.941. The molecule has 0 aromatic carbocycles. The van der Waals surface area contributed by atoms with Gasteiger partial charge >= 0.3 is 5.97 Å². The van der Waals surface area contributed by atoms with Gasteiger partial charge in [0.15, 0.2) is 0 Å². The Morgan fingerprint density at radius 3 is 2.61 bits per heavy atom. The second kappa shape index (κ2) is 2.99. The fraction of sp³-hybridized carbons (Fsp3) is 0.667. The van der Waals surface area contributed by atoms with E-state index in [9.17, 15) is 9.90 Å². The molecule has 3 rings (SSSR count). The summed E-state index contributed by atoms with van der Waals surface area (Å²) < 4.78 is 0.318. The molecular weight excluding hydrogens is 250 g/mol. The number of aromatic nitrogens is 3. The van der Waals surface area contributed by atoms with Crippen molar-refractivity contribution in [3.8, 4) is 0 Å². The van der Waals surface area contributed by atoms with Crippen LogP contribution in [0.25, 0.3) is 0 Å². The molecule has 0 radical (unpaired) electrons. The van der Waals surface area contributed by atoms with Gasteiger partial charge in [-0.15, -0.1) is 0 Å². The predicted molar refractivity (Wildman–Crippen MR) is 66.9 cm³/mol. The molecule has 5 nitrogen and oxygen atoms in total. The molecule has 1 aromatic rings. The molecule has 1 aromatic heterocycles. The van der Waals surface area contributed by atoms with Gasteiger partial charge in [0.1, 0.15) is 11.1 Å². The Kier molecular flexibility index (Phi) is 1.95. The van der Waals surface area contributed by atoms with E-state index in [1.165, 1.54) is 0 Å². The summed E-state index contributed by atoms with van der Waals surface area (Å²) in [6.07, 6.45) is 1.42. The molecule has 0 saturated heterocycles. The summed E-state index contributed by atoms with van der Waals surface area (Å²) in [7, 11) is 0. The molecule has 18 heavy (non-hydrogen) atoms. The molecule has 2 bridgehead atoms. The minimum Gasteiger partial charge on any atom is -0.481 e. The maximum atomic E-state index is 11.9. The zero-order valence-corrected chi connectivity index (χ0v) is 11.4. The van der Waals surface area contributed by atoms with Crippen LogP contribution < -0.4 is 0 Å². The number of nitrogens with zero attached hydrogens (tertiary/aromatic N) is 2.